The van der Waals surface area contributed by atoms with Gasteiger partial charge in [0.05, 0.1) is 12.0 Å². The minimum absolute atomic E-state index is 0.0121. The third kappa shape index (κ3) is 3.58. The first-order chi connectivity index (χ1) is 10.2. The fourth-order valence-corrected chi connectivity index (χ4v) is 2.31. The van der Waals surface area contributed by atoms with Crippen molar-refractivity contribution in [1.82, 2.24) is 5.32 Å². The number of nitro benzene ring substituents is 1. The number of nitrogens with zero attached hydrogens (tertiary/aromatic N) is 1. The van der Waals surface area contributed by atoms with E-state index in [-0.39, 0.29) is 11.7 Å². The Morgan fingerprint density at radius 2 is 1.95 bits per heavy atom. The molecule has 0 radical (unpaired) electrons. The zero-order valence-corrected chi connectivity index (χ0v) is 12.1. The van der Waals surface area contributed by atoms with Crippen LogP contribution in [-0.4, -0.2) is 19.1 Å². The lowest BCUT2D eigenvalue weighted by Gasteiger charge is -2.17. The highest BCUT2D eigenvalue weighted by Gasteiger charge is 2.16. The van der Waals surface area contributed by atoms with Gasteiger partial charge in [0.1, 0.15) is 0 Å². The van der Waals surface area contributed by atoms with E-state index < -0.39 is 4.92 Å². The van der Waals surface area contributed by atoms with Gasteiger partial charge < -0.3 is 10.1 Å². The largest absolute Gasteiger partial charge is 0.490 e. The molecular formula is C16H18N2O3. The Balaban J connectivity index is 2.24. The fraction of sp³-hybridized carbons (Fsp3) is 0.250. The second kappa shape index (κ2) is 6.85. The molecule has 0 amide bonds. The molecule has 1 unspecified atom stereocenters. The fourth-order valence-electron chi connectivity index (χ4n) is 2.31. The van der Waals surface area contributed by atoms with Crippen molar-refractivity contribution in [3.8, 4) is 5.75 Å². The molecule has 0 aliphatic heterocycles. The van der Waals surface area contributed by atoms with Crippen LogP contribution < -0.4 is 10.1 Å². The predicted molar refractivity (Wildman–Crippen MR) is 81.6 cm³/mol. The second-order valence-corrected chi connectivity index (χ2v) is 4.72. The molecule has 0 fully saturated rings. The molecule has 0 bridgehead atoms. The van der Waals surface area contributed by atoms with Crippen molar-refractivity contribution in [3.05, 3.63) is 69.8 Å². The average Bonchev–Trinajstić information content (AvgIpc) is 2.53. The summed E-state index contributed by atoms with van der Waals surface area (Å²) in [5.74, 6) is 0.292. The van der Waals surface area contributed by atoms with Crippen molar-refractivity contribution in [2.24, 2.45) is 0 Å². The zero-order valence-electron chi connectivity index (χ0n) is 12.1. The second-order valence-electron chi connectivity index (χ2n) is 4.72. The van der Waals surface area contributed by atoms with Gasteiger partial charge in [0.15, 0.2) is 5.75 Å². The number of benzene rings is 2. The van der Waals surface area contributed by atoms with E-state index in [1.807, 2.05) is 25.2 Å². The Morgan fingerprint density at radius 1 is 1.24 bits per heavy atom. The highest BCUT2D eigenvalue weighted by atomic mass is 16.6. The van der Waals surface area contributed by atoms with Gasteiger partial charge in [0, 0.05) is 12.1 Å². The van der Waals surface area contributed by atoms with E-state index in [4.69, 9.17) is 4.74 Å². The molecule has 0 aromatic heterocycles. The van der Waals surface area contributed by atoms with Crippen molar-refractivity contribution in [2.75, 3.05) is 14.2 Å². The van der Waals surface area contributed by atoms with Crippen LogP contribution in [0.3, 0.4) is 0 Å². The Morgan fingerprint density at radius 3 is 2.52 bits per heavy atom. The first-order valence-corrected chi connectivity index (χ1v) is 6.69. The summed E-state index contributed by atoms with van der Waals surface area (Å²) in [6.07, 6.45) is 0.731. The third-order valence-corrected chi connectivity index (χ3v) is 3.43. The van der Waals surface area contributed by atoms with E-state index >= 15 is 0 Å². The van der Waals surface area contributed by atoms with Gasteiger partial charge in [-0.2, -0.15) is 0 Å². The number of nitrogens with one attached hydrogen (secondary N) is 1. The SMILES string of the molecule is CNC(Cc1ccc([N+](=O)[O-])c(OC)c1)c1ccccc1. The first kappa shape index (κ1) is 15.0. The number of nitro groups is 1. The lowest BCUT2D eigenvalue weighted by atomic mass is 9.98. The smallest absolute Gasteiger partial charge is 0.310 e. The van der Waals surface area contributed by atoms with Crippen LogP contribution in [-0.2, 0) is 6.42 Å². The maximum absolute atomic E-state index is 10.9. The molecule has 2 rings (SSSR count). The molecule has 0 saturated heterocycles. The third-order valence-electron chi connectivity index (χ3n) is 3.43. The normalized spacial score (nSPS) is 11.9. The lowest BCUT2D eigenvalue weighted by Crippen LogP contribution is -2.18. The summed E-state index contributed by atoms with van der Waals surface area (Å²) in [6.45, 7) is 0. The molecule has 110 valence electrons. The molecule has 0 aliphatic rings. The Bertz CT molecular complexity index is 614. The van der Waals surface area contributed by atoms with Gasteiger partial charge >= 0.3 is 5.69 Å². The van der Waals surface area contributed by atoms with E-state index in [9.17, 15) is 10.1 Å². The van der Waals surface area contributed by atoms with Crippen LogP contribution >= 0.6 is 0 Å². The lowest BCUT2D eigenvalue weighted by molar-refractivity contribution is -0.385. The first-order valence-electron chi connectivity index (χ1n) is 6.69. The van der Waals surface area contributed by atoms with E-state index in [0.717, 1.165) is 12.0 Å². The Labute approximate surface area is 123 Å². The molecule has 2 aromatic rings. The summed E-state index contributed by atoms with van der Waals surface area (Å²) in [7, 11) is 3.35. The maximum Gasteiger partial charge on any atom is 0.310 e. The number of rotatable bonds is 6. The molecule has 21 heavy (non-hydrogen) atoms. The van der Waals surface area contributed by atoms with Gasteiger partial charge in [-0.15, -0.1) is 0 Å². The number of methoxy groups -OCH3 is 1. The molecule has 0 aliphatic carbocycles. The monoisotopic (exact) mass is 286 g/mol. The van der Waals surface area contributed by atoms with Gasteiger partial charge in [0.25, 0.3) is 0 Å². The minimum atomic E-state index is -0.435. The molecule has 1 N–H and O–H groups in total. The standard InChI is InChI=1S/C16H18N2O3/c1-17-14(13-6-4-3-5-7-13)10-12-8-9-15(18(19)20)16(11-12)21-2/h3-9,11,14,17H,10H2,1-2H3. The van der Waals surface area contributed by atoms with Crippen LogP contribution in [0.4, 0.5) is 5.69 Å². The highest BCUT2D eigenvalue weighted by Crippen LogP contribution is 2.29. The maximum atomic E-state index is 10.9. The molecule has 0 heterocycles. The van der Waals surface area contributed by atoms with Crippen molar-refractivity contribution in [2.45, 2.75) is 12.5 Å². The minimum Gasteiger partial charge on any atom is -0.490 e. The average molecular weight is 286 g/mol. The predicted octanol–water partition coefficient (Wildman–Crippen LogP) is 3.11. The Hall–Kier alpha value is -2.40. The molecular weight excluding hydrogens is 268 g/mol. The zero-order chi connectivity index (χ0) is 15.2. The van der Waals surface area contributed by atoms with Gasteiger partial charge in [-0.3, -0.25) is 10.1 Å². The summed E-state index contributed by atoms with van der Waals surface area (Å²) < 4.78 is 5.11. The number of likely N-dealkylation sites (N-methyl/N-ethyl adjacent to an activating group) is 1. The topological polar surface area (TPSA) is 64.4 Å². The molecule has 0 spiro atoms. The molecule has 5 nitrogen and oxygen atoms in total. The van der Waals surface area contributed by atoms with Gasteiger partial charge in [-0.1, -0.05) is 36.4 Å². The van der Waals surface area contributed by atoms with Gasteiger partial charge in [-0.05, 0) is 30.7 Å². The highest BCUT2D eigenvalue weighted by molar-refractivity contribution is 5.48. The summed E-state index contributed by atoms with van der Waals surface area (Å²) in [5.41, 5.74) is 2.15. The van der Waals surface area contributed by atoms with Crippen LogP contribution in [0.1, 0.15) is 17.2 Å². The summed E-state index contributed by atoms with van der Waals surface area (Å²) >= 11 is 0. The quantitative estimate of drug-likeness (QED) is 0.654. The van der Waals surface area contributed by atoms with Crippen LogP contribution in [0.25, 0.3) is 0 Å². The van der Waals surface area contributed by atoms with Crippen molar-refractivity contribution in [1.29, 1.82) is 0 Å². The van der Waals surface area contributed by atoms with Crippen LogP contribution in [0.5, 0.6) is 5.75 Å². The van der Waals surface area contributed by atoms with Gasteiger partial charge in [0.2, 0.25) is 0 Å². The number of hydrogen-bond donors (Lipinski definition) is 1. The van der Waals surface area contributed by atoms with Gasteiger partial charge in [-0.25, -0.2) is 0 Å². The molecule has 0 saturated carbocycles. The van der Waals surface area contributed by atoms with Crippen LogP contribution in [0.2, 0.25) is 0 Å². The number of ether oxygens (including phenoxy) is 1. The van der Waals surface area contributed by atoms with Crippen molar-refractivity contribution in [3.63, 3.8) is 0 Å². The number of hydrogen-bond acceptors (Lipinski definition) is 4. The van der Waals surface area contributed by atoms with E-state index in [0.29, 0.717) is 5.75 Å². The summed E-state index contributed by atoms with van der Waals surface area (Å²) in [6, 6.07) is 15.2. The molecule has 2 aromatic carbocycles. The molecule has 5 heteroatoms. The Kier molecular flexibility index (Phi) is 4.90. The van der Waals surface area contributed by atoms with E-state index in [2.05, 4.69) is 17.4 Å². The summed E-state index contributed by atoms with van der Waals surface area (Å²) in [4.78, 5) is 10.5. The summed E-state index contributed by atoms with van der Waals surface area (Å²) in [5, 5.41) is 14.2. The molecule has 1 atom stereocenters. The van der Waals surface area contributed by atoms with Crippen LogP contribution in [0.15, 0.2) is 48.5 Å². The van der Waals surface area contributed by atoms with E-state index in [1.165, 1.54) is 18.7 Å². The van der Waals surface area contributed by atoms with E-state index in [1.54, 1.807) is 12.1 Å². The van der Waals surface area contributed by atoms with Crippen LogP contribution in [0, 0.1) is 10.1 Å². The van der Waals surface area contributed by atoms with Crippen molar-refractivity contribution < 1.29 is 9.66 Å². The van der Waals surface area contributed by atoms with Crippen molar-refractivity contribution >= 4 is 5.69 Å².